The Morgan fingerprint density at radius 2 is 1.94 bits per heavy atom. The number of furan rings is 1. The summed E-state index contributed by atoms with van der Waals surface area (Å²) >= 11 is 0. The molecular weight excluding hydrogens is 226 g/mol. The Morgan fingerprint density at radius 1 is 1.29 bits per heavy atom. The van der Waals surface area contributed by atoms with Gasteiger partial charge in [-0.1, -0.05) is 6.07 Å². The minimum atomic E-state index is -0.770. The van der Waals surface area contributed by atoms with E-state index in [9.17, 15) is 8.78 Å². The number of nitrogens with one attached hydrogen (secondary N) is 1. The standard InChI is InChI=1S/C12H12F2N2O/c1-7-5-8(6-17-7)12(16-15)11-9(13)3-2-4-10(11)14/h2-6,12,16H,15H2,1H3. The summed E-state index contributed by atoms with van der Waals surface area (Å²) in [5.74, 6) is 4.72. The summed E-state index contributed by atoms with van der Waals surface area (Å²) in [4.78, 5) is 0. The van der Waals surface area contributed by atoms with Crippen LogP contribution in [-0.2, 0) is 0 Å². The molecule has 1 aromatic heterocycles. The van der Waals surface area contributed by atoms with Crippen molar-refractivity contribution in [2.24, 2.45) is 5.84 Å². The van der Waals surface area contributed by atoms with Gasteiger partial charge in [-0.05, 0) is 25.1 Å². The van der Waals surface area contributed by atoms with Crippen molar-refractivity contribution in [1.29, 1.82) is 0 Å². The number of halogens is 2. The Kier molecular flexibility index (Phi) is 3.21. The molecule has 1 heterocycles. The lowest BCUT2D eigenvalue weighted by Crippen LogP contribution is -2.30. The van der Waals surface area contributed by atoms with Gasteiger partial charge in [-0.2, -0.15) is 0 Å². The summed E-state index contributed by atoms with van der Waals surface area (Å²) in [6, 6.07) is 4.60. The van der Waals surface area contributed by atoms with Gasteiger partial charge in [0.1, 0.15) is 17.4 Å². The van der Waals surface area contributed by atoms with Crippen molar-refractivity contribution in [2.45, 2.75) is 13.0 Å². The molecule has 0 saturated carbocycles. The molecule has 0 aliphatic rings. The third-order valence-corrected chi connectivity index (χ3v) is 2.54. The molecule has 1 atom stereocenters. The Balaban J connectivity index is 2.49. The fraction of sp³-hybridized carbons (Fsp3) is 0.167. The van der Waals surface area contributed by atoms with Crippen molar-refractivity contribution < 1.29 is 13.2 Å². The molecule has 0 aliphatic carbocycles. The van der Waals surface area contributed by atoms with Crippen molar-refractivity contribution in [3.8, 4) is 0 Å². The molecule has 3 nitrogen and oxygen atoms in total. The van der Waals surface area contributed by atoms with Crippen LogP contribution >= 0.6 is 0 Å². The zero-order valence-electron chi connectivity index (χ0n) is 9.21. The van der Waals surface area contributed by atoms with E-state index in [0.29, 0.717) is 11.3 Å². The molecule has 0 saturated heterocycles. The Hall–Kier alpha value is -1.72. The summed E-state index contributed by atoms with van der Waals surface area (Å²) in [6.45, 7) is 1.74. The summed E-state index contributed by atoms with van der Waals surface area (Å²) in [6.07, 6.45) is 1.42. The van der Waals surface area contributed by atoms with Gasteiger partial charge < -0.3 is 4.42 Å². The second kappa shape index (κ2) is 4.65. The first-order valence-electron chi connectivity index (χ1n) is 5.08. The monoisotopic (exact) mass is 238 g/mol. The maximum absolute atomic E-state index is 13.6. The Bertz CT molecular complexity index is 505. The quantitative estimate of drug-likeness (QED) is 0.637. The average Bonchev–Trinajstić information content (AvgIpc) is 2.70. The number of rotatable bonds is 3. The predicted octanol–water partition coefficient (Wildman–Crippen LogP) is 2.42. The Morgan fingerprint density at radius 3 is 2.41 bits per heavy atom. The highest BCUT2D eigenvalue weighted by Gasteiger charge is 2.21. The van der Waals surface area contributed by atoms with Crippen molar-refractivity contribution in [2.75, 3.05) is 0 Å². The van der Waals surface area contributed by atoms with Crippen LogP contribution in [0.15, 0.2) is 34.9 Å². The van der Waals surface area contributed by atoms with Crippen LogP contribution in [0.1, 0.15) is 22.9 Å². The van der Waals surface area contributed by atoms with Crippen LogP contribution in [0, 0.1) is 18.6 Å². The number of hydrogen-bond acceptors (Lipinski definition) is 3. The number of hydrogen-bond donors (Lipinski definition) is 2. The SMILES string of the molecule is Cc1cc(C(NN)c2c(F)cccc2F)co1. The lowest BCUT2D eigenvalue weighted by molar-refractivity contribution is 0.500. The second-order valence-corrected chi connectivity index (χ2v) is 3.73. The van der Waals surface area contributed by atoms with Crippen molar-refractivity contribution >= 4 is 0 Å². The van der Waals surface area contributed by atoms with Gasteiger partial charge in [-0.25, -0.2) is 14.2 Å². The molecule has 0 spiro atoms. The predicted molar refractivity (Wildman–Crippen MR) is 59.0 cm³/mol. The summed E-state index contributed by atoms with van der Waals surface area (Å²) in [5, 5.41) is 0. The third-order valence-electron chi connectivity index (χ3n) is 2.54. The van der Waals surface area contributed by atoms with Gasteiger partial charge in [-0.3, -0.25) is 5.84 Å². The van der Waals surface area contributed by atoms with Gasteiger partial charge in [0.25, 0.3) is 0 Å². The molecule has 0 fully saturated rings. The van der Waals surface area contributed by atoms with Gasteiger partial charge in [0, 0.05) is 11.1 Å². The normalized spacial score (nSPS) is 12.7. The van der Waals surface area contributed by atoms with Crippen LogP contribution in [0.25, 0.3) is 0 Å². The first kappa shape index (κ1) is 11.8. The number of benzene rings is 1. The molecule has 2 aromatic rings. The second-order valence-electron chi connectivity index (χ2n) is 3.73. The summed E-state index contributed by atoms with van der Waals surface area (Å²) < 4.78 is 32.3. The first-order chi connectivity index (χ1) is 8.13. The van der Waals surface area contributed by atoms with Gasteiger partial charge in [-0.15, -0.1) is 0 Å². The topological polar surface area (TPSA) is 51.2 Å². The molecule has 1 aromatic carbocycles. The van der Waals surface area contributed by atoms with Crippen molar-refractivity contribution in [3.05, 3.63) is 59.1 Å². The van der Waals surface area contributed by atoms with E-state index in [1.807, 2.05) is 0 Å². The van der Waals surface area contributed by atoms with E-state index in [1.165, 1.54) is 24.5 Å². The fourth-order valence-electron chi connectivity index (χ4n) is 1.75. The lowest BCUT2D eigenvalue weighted by atomic mass is 10.0. The number of nitrogens with two attached hydrogens (primary N) is 1. The highest BCUT2D eigenvalue weighted by molar-refractivity contribution is 5.32. The van der Waals surface area contributed by atoms with Gasteiger partial charge in [0.15, 0.2) is 0 Å². The zero-order chi connectivity index (χ0) is 12.4. The summed E-state index contributed by atoms with van der Waals surface area (Å²) in [5.41, 5.74) is 2.85. The molecule has 0 bridgehead atoms. The number of aryl methyl sites for hydroxylation is 1. The molecule has 0 aliphatic heterocycles. The minimum absolute atomic E-state index is 0.115. The molecule has 0 radical (unpaired) electrons. The maximum Gasteiger partial charge on any atom is 0.131 e. The van der Waals surface area contributed by atoms with Crippen LogP contribution < -0.4 is 11.3 Å². The molecule has 17 heavy (non-hydrogen) atoms. The smallest absolute Gasteiger partial charge is 0.131 e. The largest absolute Gasteiger partial charge is 0.469 e. The van der Waals surface area contributed by atoms with E-state index in [-0.39, 0.29) is 5.56 Å². The molecule has 3 N–H and O–H groups in total. The van der Waals surface area contributed by atoms with Crippen LogP contribution in [0.3, 0.4) is 0 Å². The van der Waals surface area contributed by atoms with Crippen LogP contribution in [0.4, 0.5) is 8.78 Å². The molecular formula is C12H12F2N2O. The van der Waals surface area contributed by atoms with Gasteiger partial charge >= 0.3 is 0 Å². The summed E-state index contributed by atoms with van der Waals surface area (Å²) in [7, 11) is 0. The molecule has 0 amide bonds. The van der Waals surface area contributed by atoms with E-state index < -0.39 is 17.7 Å². The van der Waals surface area contributed by atoms with Crippen LogP contribution in [0.5, 0.6) is 0 Å². The third kappa shape index (κ3) is 2.20. The fourth-order valence-corrected chi connectivity index (χ4v) is 1.75. The van der Waals surface area contributed by atoms with E-state index in [0.717, 1.165) is 0 Å². The van der Waals surface area contributed by atoms with Gasteiger partial charge in [0.05, 0.1) is 12.3 Å². The highest BCUT2D eigenvalue weighted by Crippen LogP contribution is 2.27. The number of hydrazine groups is 1. The van der Waals surface area contributed by atoms with E-state index in [4.69, 9.17) is 10.3 Å². The van der Waals surface area contributed by atoms with Crippen LogP contribution in [-0.4, -0.2) is 0 Å². The van der Waals surface area contributed by atoms with E-state index in [2.05, 4.69) is 5.43 Å². The minimum Gasteiger partial charge on any atom is -0.469 e. The zero-order valence-corrected chi connectivity index (χ0v) is 9.21. The van der Waals surface area contributed by atoms with E-state index >= 15 is 0 Å². The average molecular weight is 238 g/mol. The molecule has 1 unspecified atom stereocenters. The highest BCUT2D eigenvalue weighted by atomic mass is 19.1. The first-order valence-corrected chi connectivity index (χ1v) is 5.08. The Labute approximate surface area is 97.2 Å². The van der Waals surface area contributed by atoms with Gasteiger partial charge in [0.2, 0.25) is 0 Å². The molecule has 2 rings (SSSR count). The van der Waals surface area contributed by atoms with Crippen LogP contribution in [0.2, 0.25) is 0 Å². The maximum atomic E-state index is 13.6. The molecule has 90 valence electrons. The van der Waals surface area contributed by atoms with E-state index in [1.54, 1.807) is 13.0 Å². The van der Waals surface area contributed by atoms with Crippen molar-refractivity contribution in [3.63, 3.8) is 0 Å². The van der Waals surface area contributed by atoms with Crippen molar-refractivity contribution in [1.82, 2.24) is 5.43 Å². The molecule has 5 heteroatoms. The lowest BCUT2D eigenvalue weighted by Gasteiger charge is -2.15.